The Morgan fingerprint density at radius 3 is 1.82 bits per heavy atom. The fourth-order valence-corrected chi connectivity index (χ4v) is 6.12. The molecule has 0 saturated carbocycles. The Labute approximate surface area is 236 Å². The van der Waals surface area contributed by atoms with Gasteiger partial charge in [0.15, 0.2) is 0 Å². The van der Waals surface area contributed by atoms with Gasteiger partial charge in [0.2, 0.25) is 11.8 Å². The zero-order valence-electron chi connectivity index (χ0n) is 23.2. The van der Waals surface area contributed by atoms with Crippen LogP contribution in [0.15, 0.2) is 104 Å². The molecule has 1 aromatic heterocycles. The molecule has 1 atom stereocenters. The lowest BCUT2D eigenvalue weighted by atomic mass is 9.77. The molecule has 1 aliphatic rings. The molecule has 2 N–H and O–H groups in total. The van der Waals surface area contributed by atoms with Crippen molar-refractivity contribution < 1.29 is 9.59 Å². The van der Waals surface area contributed by atoms with Gasteiger partial charge in [-0.3, -0.25) is 9.59 Å². The summed E-state index contributed by atoms with van der Waals surface area (Å²) in [6, 6.07) is 31.3. The minimum atomic E-state index is -0.842. The first kappa shape index (κ1) is 27.4. The summed E-state index contributed by atoms with van der Waals surface area (Å²) in [5, 5.41) is 0. The Morgan fingerprint density at radius 2 is 1.38 bits per heavy atom. The van der Waals surface area contributed by atoms with Crippen LogP contribution in [-0.4, -0.2) is 39.4 Å². The molecule has 4 aromatic rings. The van der Waals surface area contributed by atoms with Crippen molar-refractivity contribution in [1.29, 1.82) is 0 Å². The van der Waals surface area contributed by atoms with Gasteiger partial charge in [0.1, 0.15) is 11.5 Å². The van der Waals surface area contributed by atoms with E-state index in [2.05, 4.69) is 84.3 Å². The highest BCUT2D eigenvalue weighted by Gasteiger charge is 2.38. The van der Waals surface area contributed by atoms with Gasteiger partial charge in [-0.05, 0) is 48.3 Å². The smallest absolute Gasteiger partial charge is 0.235 e. The summed E-state index contributed by atoms with van der Waals surface area (Å²) in [7, 11) is 0. The molecule has 2 heterocycles. The summed E-state index contributed by atoms with van der Waals surface area (Å²) in [5.41, 5.74) is 9.24. The standard InChI is InChI=1S/C34H38N4O2/c1-2-26-20-22-37(23-21-26)33(40)31(32(35)39)19-18-30-24-38(25-36-30)34(27-12-6-3-7-13-27,28-14-8-4-9-15-28)29-16-10-5-11-17-29/h3-17,24-26,31H,2,18-23H2,1H3,(H2,35,39)/t31-/m0/s1. The summed E-state index contributed by atoms with van der Waals surface area (Å²) >= 11 is 0. The summed E-state index contributed by atoms with van der Waals surface area (Å²) in [4.78, 5) is 32.3. The van der Waals surface area contributed by atoms with Gasteiger partial charge in [0.25, 0.3) is 0 Å². The van der Waals surface area contributed by atoms with Crippen LogP contribution in [0.5, 0.6) is 0 Å². The summed E-state index contributed by atoms with van der Waals surface area (Å²) in [5.74, 6) is -0.896. The lowest BCUT2D eigenvalue weighted by Gasteiger charge is -2.37. The van der Waals surface area contributed by atoms with Crippen molar-refractivity contribution in [1.82, 2.24) is 14.5 Å². The largest absolute Gasteiger partial charge is 0.369 e. The van der Waals surface area contributed by atoms with E-state index in [9.17, 15) is 9.59 Å². The highest BCUT2D eigenvalue weighted by Crippen LogP contribution is 2.40. The van der Waals surface area contributed by atoms with E-state index in [0.717, 1.165) is 41.6 Å². The third-order valence-corrected chi connectivity index (χ3v) is 8.43. The predicted octanol–water partition coefficient (Wildman–Crippen LogP) is 5.41. The average Bonchev–Trinajstić information content (AvgIpc) is 3.48. The molecule has 5 rings (SSSR count). The Kier molecular flexibility index (Phi) is 8.44. The molecule has 2 amide bonds. The number of hydrogen-bond acceptors (Lipinski definition) is 3. The number of primary amides is 1. The minimum Gasteiger partial charge on any atom is -0.369 e. The van der Waals surface area contributed by atoms with Crippen molar-refractivity contribution in [3.05, 3.63) is 126 Å². The van der Waals surface area contributed by atoms with Crippen LogP contribution >= 0.6 is 0 Å². The van der Waals surface area contributed by atoms with Crippen molar-refractivity contribution >= 4 is 11.8 Å². The minimum absolute atomic E-state index is 0.145. The third-order valence-electron chi connectivity index (χ3n) is 8.43. The first-order valence-corrected chi connectivity index (χ1v) is 14.3. The van der Waals surface area contributed by atoms with Gasteiger partial charge >= 0.3 is 0 Å². The first-order chi connectivity index (χ1) is 19.5. The van der Waals surface area contributed by atoms with Crippen LogP contribution in [0.1, 0.15) is 55.0 Å². The van der Waals surface area contributed by atoms with Crippen molar-refractivity contribution in [3.63, 3.8) is 0 Å². The number of carbonyl (C=O) groups excluding carboxylic acids is 2. The number of aryl methyl sites for hydroxylation is 1. The second-order valence-electron chi connectivity index (χ2n) is 10.8. The fraction of sp³-hybridized carbons (Fsp3) is 0.324. The number of piperidine rings is 1. The van der Waals surface area contributed by atoms with Gasteiger partial charge in [-0.1, -0.05) is 104 Å². The van der Waals surface area contributed by atoms with Gasteiger partial charge in [-0.15, -0.1) is 0 Å². The maximum Gasteiger partial charge on any atom is 0.235 e. The van der Waals surface area contributed by atoms with Crippen molar-refractivity contribution in [2.75, 3.05) is 13.1 Å². The number of nitrogens with two attached hydrogens (primary N) is 1. The molecule has 0 bridgehead atoms. The van der Waals surface area contributed by atoms with E-state index >= 15 is 0 Å². The highest BCUT2D eigenvalue weighted by atomic mass is 16.2. The molecule has 1 aliphatic heterocycles. The molecule has 6 nitrogen and oxygen atoms in total. The molecule has 1 fully saturated rings. The maximum atomic E-state index is 13.3. The summed E-state index contributed by atoms with van der Waals surface area (Å²) in [6.45, 7) is 3.59. The number of likely N-dealkylation sites (tertiary alicyclic amines) is 1. The lowest BCUT2D eigenvalue weighted by molar-refractivity contribution is -0.142. The number of carbonyl (C=O) groups is 2. The Hall–Kier alpha value is -4.19. The molecule has 3 aromatic carbocycles. The molecule has 206 valence electrons. The van der Waals surface area contributed by atoms with Gasteiger partial charge in [-0.25, -0.2) is 4.98 Å². The van der Waals surface area contributed by atoms with Crippen LogP contribution in [0.4, 0.5) is 0 Å². The average molecular weight is 535 g/mol. The van der Waals surface area contributed by atoms with Crippen LogP contribution in [-0.2, 0) is 21.5 Å². The Balaban J connectivity index is 1.46. The number of hydrogen-bond donors (Lipinski definition) is 1. The van der Waals surface area contributed by atoms with Crippen LogP contribution in [0, 0.1) is 11.8 Å². The lowest BCUT2D eigenvalue weighted by Crippen LogP contribution is -2.45. The molecule has 0 radical (unpaired) electrons. The van der Waals surface area contributed by atoms with E-state index in [4.69, 9.17) is 10.7 Å². The van der Waals surface area contributed by atoms with Crippen LogP contribution in [0.2, 0.25) is 0 Å². The maximum absolute atomic E-state index is 13.3. The molecule has 0 aliphatic carbocycles. The molecule has 1 saturated heterocycles. The zero-order valence-corrected chi connectivity index (χ0v) is 23.2. The molecule has 0 spiro atoms. The van der Waals surface area contributed by atoms with E-state index in [0.29, 0.717) is 31.8 Å². The van der Waals surface area contributed by atoms with Crippen molar-refractivity contribution in [3.8, 4) is 0 Å². The first-order valence-electron chi connectivity index (χ1n) is 14.3. The van der Waals surface area contributed by atoms with E-state index in [-0.39, 0.29) is 5.91 Å². The number of rotatable bonds is 10. The quantitative estimate of drug-likeness (QED) is 0.218. The van der Waals surface area contributed by atoms with Crippen LogP contribution in [0.25, 0.3) is 0 Å². The summed E-state index contributed by atoms with van der Waals surface area (Å²) < 4.78 is 2.15. The van der Waals surface area contributed by atoms with Gasteiger partial charge < -0.3 is 15.2 Å². The predicted molar refractivity (Wildman–Crippen MR) is 157 cm³/mol. The number of amides is 2. The second kappa shape index (κ2) is 12.3. The third kappa shape index (κ3) is 5.44. The van der Waals surface area contributed by atoms with Crippen LogP contribution in [0.3, 0.4) is 0 Å². The Bertz CT molecular complexity index is 1300. The van der Waals surface area contributed by atoms with Gasteiger partial charge in [0.05, 0.1) is 12.0 Å². The topological polar surface area (TPSA) is 81.2 Å². The molecule has 40 heavy (non-hydrogen) atoms. The second-order valence-corrected chi connectivity index (χ2v) is 10.8. The molecule has 0 unspecified atom stereocenters. The summed E-state index contributed by atoms with van der Waals surface area (Å²) in [6.07, 6.45) is 7.82. The number of benzene rings is 3. The van der Waals surface area contributed by atoms with E-state index < -0.39 is 17.4 Å². The number of imidazole rings is 1. The molecular weight excluding hydrogens is 496 g/mol. The molecule has 6 heteroatoms. The van der Waals surface area contributed by atoms with Gasteiger partial charge in [0, 0.05) is 19.3 Å². The SMILES string of the molecule is CCC1CCN(C(=O)[C@@H](CCc2cn(C(c3ccccc3)(c3ccccc3)c3ccccc3)cn2)C(N)=O)CC1. The molecular formula is C34H38N4O2. The van der Waals surface area contributed by atoms with E-state index in [1.165, 1.54) is 0 Å². The van der Waals surface area contributed by atoms with E-state index in [1.807, 2.05) is 35.6 Å². The normalized spacial score (nSPS) is 15.1. The highest BCUT2D eigenvalue weighted by molar-refractivity contribution is 5.99. The number of nitrogens with zero attached hydrogens (tertiary/aromatic N) is 3. The Morgan fingerprint density at radius 1 is 0.875 bits per heavy atom. The van der Waals surface area contributed by atoms with Gasteiger partial charge in [-0.2, -0.15) is 0 Å². The fourth-order valence-electron chi connectivity index (χ4n) is 6.12. The van der Waals surface area contributed by atoms with E-state index in [1.54, 1.807) is 0 Å². The zero-order chi connectivity index (χ0) is 28.0. The number of aromatic nitrogens is 2. The van der Waals surface area contributed by atoms with Crippen molar-refractivity contribution in [2.45, 2.75) is 44.6 Å². The monoisotopic (exact) mass is 534 g/mol. The van der Waals surface area contributed by atoms with Crippen molar-refractivity contribution in [2.24, 2.45) is 17.6 Å². The van der Waals surface area contributed by atoms with Crippen LogP contribution < -0.4 is 5.73 Å².